The predicted molar refractivity (Wildman–Crippen MR) is 98.7 cm³/mol. The molecule has 0 aliphatic carbocycles. The van der Waals surface area contributed by atoms with Crippen LogP contribution in [0.25, 0.3) is 5.57 Å². The topological polar surface area (TPSA) is 66.9 Å². The van der Waals surface area contributed by atoms with Gasteiger partial charge >= 0.3 is 0 Å². The van der Waals surface area contributed by atoms with Crippen molar-refractivity contribution < 1.29 is 8.60 Å². The molecule has 2 aromatic carbocycles. The van der Waals surface area contributed by atoms with Crippen molar-refractivity contribution in [2.24, 2.45) is 5.14 Å². The minimum absolute atomic E-state index is 0.0534. The van der Waals surface area contributed by atoms with E-state index in [-0.39, 0.29) is 5.56 Å². The number of benzene rings is 2. The third-order valence-corrected chi connectivity index (χ3v) is 5.21. The Morgan fingerprint density at radius 3 is 2.58 bits per heavy atom. The normalized spacial score (nSPS) is 13.4. The number of rotatable bonds is 4. The molecule has 0 bridgehead atoms. The summed E-state index contributed by atoms with van der Waals surface area (Å²) < 4.78 is 25.9. The van der Waals surface area contributed by atoms with Gasteiger partial charge in [0, 0.05) is 10.0 Å². The van der Waals surface area contributed by atoms with Gasteiger partial charge in [-0.3, -0.25) is 5.14 Å². The average Bonchev–Trinajstić information content (AvgIpc) is 2.52. The van der Waals surface area contributed by atoms with Gasteiger partial charge in [0.15, 0.2) is 0 Å². The summed E-state index contributed by atoms with van der Waals surface area (Å²) in [5.41, 5.74) is 1.76. The van der Waals surface area contributed by atoms with Crippen molar-refractivity contribution in [3.05, 3.63) is 75.5 Å². The van der Waals surface area contributed by atoms with E-state index in [1.165, 1.54) is 6.07 Å². The number of nitrogens with two attached hydrogens (primary N) is 1. The smallest absolute Gasteiger partial charge is 0.141 e. The van der Waals surface area contributed by atoms with Crippen LogP contribution in [-0.2, 0) is 11.0 Å². The van der Waals surface area contributed by atoms with Gasteiger partial charge < -0.3 is 0 Å². The van der Waals surface area contributed by atoms with Crippen LogP contribution in [0.4, 0.5) is 4.39 Å². The molecule has 0 aliphatic heterocycles. The van der Waals surface area contributed by atoms with Gasteiger partial charge in [0.25, 0.3) is 0 Å². The quantitative estimate of drug-likeness (QED) is 0.822. The maximum Gasteiger partial charge on any atom is 0.141 e. The Morgan fingerprint density at radius 2 is 2.00 bits per heavy atom. The molecule has 6 heteroatoms. The number of halogens is 2. The van der Waals surface area contributed by atoms with E-state index in [4.69, 9.17) is 5.14 Å². The maximum absolute atomic E-state index is 14.1. The van der Waals surface area contributed by atoms with Crippen LogP contribution in [0.15, 0.2) is 53.0 Å². The van der Waals surface area contributed by atoms with Crippen molar-refractivity contribution >= 4 is 32.5 Å². The van der Waals surface area contributed by atoms with Gasteiger partial charge in [-0.2, -0.15) is 5.26 Å². The molecule has 0 radical (unpaired) electrons. The van der Waals surface area contributed by atoms with E-state index in [1.54, 1.807) is 32.1 Å². The highest BCUT2D eigenvalue weighted by Crippen LogP contribution is 2.32. The van der Waals surface area contributed by atoms with Gasteiger partial charge in [-0.25, -0.2) is 8.60 Å². The highest BCUT2D eigenvalue weighted by atomic mass is 79.9. The van der Waals surface area contributed by atoms with Crippen LogP contribution in [0.2, 0.25) is 0 Å². The number of nitrogens with zero attached hydrogens (tertiary/aromatic N) is 1. The lowest BCUT2D eigenvalue weighted by Gasteiger charge is -2.20. The largest absolute Gasteiger partial charge is 0.251 e. The van der Waals surface area contributed by atoms with Crippen LogP contribution in [-0.4, -0.2) is 8.96 Å². The Kier molecular flexibility index (Phi) is 5.70. The maximum atomic E-state index is 14.1. The molecule has 2 N–H and O–H groups in total. The molecule has 0 heterocycles. The van der Waals surface area contributed by atoms with Gasteiger partial charge in [-0.05, 0) is 43.2 Å². The van der Waals surface area contributed by atoms with Gasteiger partial charge in [-0.15, -0.1) is 0 Å². The highest BCUT2D eigenvalue weighted by molar-refractivity contribution is 9.10. The van der Waals surface area contributed by atoms with Crippen molar-refractivity contribution in [1.29, 1.82) is 5.26 Å². The van der Waals surface area contributed by atoms with E-state index in [0.717, 1.165) is 10.0 Å². The lowest BCUT2D eigenvalue weighted by Crippen LogP contribution is -2.30. The lowest BCUT2D eigenvalue weighted by molar-refractivity contribution is 0.623. The number of hydrogen-bond acceptors (Lipinski definition) is 2. The SMILES string of the molecule is CC(C)(C=C(c1cccc(Br)c1)c1cccc(F)c1C#N)S(N)=O. The third-order valence-electron chi connectivity index (χ3n) is 3.56. The zero-order valence-corrected chi connectivity index (χ0v) is 15.6. The molecule has 124 valence electrons. The van der Waals surface area contributed by atoms with Crippen LogP contribution in [0, 0.1) is 17.1 Å². The van der Waals surface area contributed by atoms with Gasteiger partial charge in [0.2, 0.25) is 0 Å². The first-order valence-corrected chi connectivity index (χ1v) is 9.11. The van der Waals surface area contributed by atoms with Crippen molar-refractivity contribution in [2.45, 2.75) is 18.6 Å². The molecule has 1 atom stereocenters. The molecule has 2 aromatic rings. The van der Waals surface area contributed by atoms with Crippen LogP contribution in [0.3, 0.4) is 0 Å². The fraction of sp³-hybridized carbons (Fsp3) is 0.167. The second-order valence-corrected chi connectivity index (χ2v) is 8.31. The molecule has 0 saturated heterocycles. The third kappa shape index (κ3) is 3.99. The van der Waals surface area contributed by atoms with Crippen molar-refractivity contribution in [2.75, 3.05) is 0 Å². The molecule has 0 spiro atoms. The number of nitriles is 1. The van der Waals surface area contributed by atoms with E-state index in [2.05, 4.69) is 15.9 Å². The molecule has 2 rings (SSSR count). The van der Waals surface area contributed by atoms with Crippen molar-refractivity contribution in [1.82, 2.24) is 0 Å². The monoisotopic (exact) mass is 406 g/mol. The Labute approximate surface area is 151 Å². The van der Waals surface area contributed by atoms with Crippen LogP contribution < -0.4 is 5.14 Å². The Bertz CT molecular complexity index is 872. The minimum atomic E-state index is -1.63. The molecule has 0 aromatic heterocycles. The highest BCUT2D eigenvalue weighted by Gasteiger charge is 2.24. The fourth-order valence-electron chi connectivity index (χ4n) is 2.24. The minimum Gasteiger partial charge on any atom is -0.251 e. The van der Waals surface area contributed by atoms with Gasteiger partial charge in [0.1, 0.15) is 11.9 Å². The van der Waals surface area contributed by atoms with Crippen LogP contribution in [0.5, 0.6) is 0 Å². The van der Waals surface area contributed by atoms with E-state index < -0.39 is 21.5 Å². The van der Waals surface area contributed by atoms with Crippen LogP contribution >= 0.6 is 15.9 Å². The molecule has 1 unspecified atom stereocenters. The van der Waals surface area contributed by atoms with E-state index in [1.807, 2.05) is 30.3 Å². The van der Waals surface area contributed by atoms with Crippen molar-refractivity contribution in [3.63, 3.8) is 0 Å². The first-order chi connectivity index (χ1) is 11.3. The predicted octanol–water partition coefficient (Wildman–Crippen LogP) is 4.29. The Balaban J connectivity index is 2.79. The lowest BCUT2D eigenvalue weighted by atomic mass is 9.91. The Hall–Kier alpha value is -1.81. The summed E-state index contributed by atoms with van der Waals surface area (Å²) in [6.07, 6.45) is 1.72. The summed E-state index contributed by atoms with van der Waals surface area (Å²) in [4.78, 5) is 0. The van der Waals surface area contributed by atoms with Gasteiger partial charge in [0.05, 0.1) is 21.3 Å². The van der Waals surface area contributed by atoms with Crippen molar-refractivity contribution in [3.8, 4) is 6.07 Å². The average molecular weight is 407 g/mol. The molecular weight excluding hydrogens is 391 g/mol. The first kappa shape index (κ1) is 18.5. The molecule has 0 amide bonds. The van der Waals surface area contributed by atoms with Gasteiger partial charge in [-0.1, -0.05) is 46.3 Å². The number of hydrogen-bond donors (Lipinski definition) is 1. The molecule has 0 saturated carbocycles. The van der Waals surface area contributed by atoms with E-state index >= 15 is 0 Å². The molecular formula is C18H16BrFN2OS. The van der Waals surface area contributed by atoms with E-state index in [9.17, 15) is 13.9 Å². The molecule has 0 aliphatic rings. The summed E-state index contributed by atoms with van der Waals surface area (Å²) in [5, 5.41) is 14.9. The van der Waals surface area contributed by atoms with Crippen LogP contribution in [0.1, 0.15) is 30.5 Å². The first-order valence-electron chi connectivity index (χ1n) is 7.10. The zero-order chi connectivity index (χ0) is 17.9. The Morgan fingerprint density at radius 1 is 1.33 bits per heavy atom. The van der Waals surface area contributed by atoms with E-state index in [0.29, 0.717) is 11.1 Å². The molecule has 0 fully saturated rings. The molecule has 3 nitrogen and oxygen atoms in total. The summed E-state index contributed by atoms with van der Waals surface area (Å²) in [6, 6.07) is 13.8. The zero-order valence-electron chi connectivity index (χ0n) is 13.2. The second-order valence-electron chi connectivity index (χ2n) is 5.74. The summed E-state index contributed by atoms with van der Waals surface area (Å²) in [6.45, 7) is 3.46. The second kappa shape index (κ2) is 7.39. The molecule has 24 heavy (non-hydrogen) atoms. The summed E-state index contributed by atoms with van der Waals surface area (Å²) in [7, 11) is -1.63. The summed E-state index contributed by atoms with van der Waals surface area (Å²) >= 11 is 3.41. The summed E-state index contributed by atoms with van der Waals surface area (Å²) in [5.74, 6) is -0.595. The fourth-order valence-corrected chi connectivity index (χ4v) is 2.87. The standard InChI is InChI=1S/C18H16BrFN2OS/c1-18(2,24(22)23)10-15(12-5-3-6-13(19)9-12)14-7-4-8-17(20)16(14)11-21/h3-10H,22H2,1-2H3.